The van der Waals surface area contributed by atoms with Crippen LogP contribution in [0.2, 0.25) is 5.02 Å². The van der Waals surface area contributed by atoms with Gasteiger partial charge in [-0.3, -0.25) is 4.79 Å². The van der Waals surface area contributed by atoms with Gasteiger partial charge < -0.3 is 5.32 Å². The van der Waals surface area contributed by atoms with Crippen LogP contribution in [0.4, 0.5) is 4.39 Å². The summed E-state index contributed by atoms with van der Waals surface area (Å²) in [7, 11) is -3.77. The molecule has 1 aliphatic heterocycles. The summed E-state index contributed by atoms with van der Waals surface area (Å²) in [5.74, 6) is -0.769. The van der Waals surface area contributed by atoms with E-state index in [9.17, 15) is 17.6 Å². The maximum Gasteiger partial charge on any atom is 0.282 e. The summed E-state index contributed by atoms with van der Waals surface area (Å²) in [6.07, 6.45) is 0.609. The first-order valence-electron chi connectivity index (χ1n) is 8.86. The second-order valence-corrected chi connectivity index (χ2v) is 8.86. The third-order valence-corrected chi connectivity index (χ3v) is 6.79. The van der Waals surface area contributed by atoms with Crippen molar-refractivity contribution in [1.82, 2.24) is 13.9 Å². The molecule has 2 aromatic rings. The highest BCUT2D eigenvalue weighted by atomic mass is 35.5. The fourth-order valence-electron chi connectivity index (χ4n) is 2.98. The molecular formula is C19H21ClFN3O3S. The fraction of sp³-hybridized carbons (Fsp3) is 0.316. The first-order valence-corrected chi connectivity index (χ1v) is 10.6. The van der Waals surface area contributed by atoms with Crippen LogP contribution in [0.3, 0.4) is 0 Å². The summed E-state index contributed by atoms with van der Waals surface area (Å²) < 4.78 is 41.2. The number of hydrogen-bond donors (Lipinski definition) is 1. The van der Waals surface area contributed by atoms with Crippen molar-refractivity contribution in [2.24, 2.45) is 0 Å². The summed E-state index contributed by atoms with van der Waals surface area (Å²) in [5.41, 5.74) is 1.45. The van der Waals surface area contributed by atoms with Gasteiger partial charge in [0.05, 0.1) is 6.54 Å². The summed E-state index contributed by atoms with van der Waals surface area (Å²) in [6, 6.07) is 12.8. The van der Waals surface area contributed by atoms with Gasteiger partial charge in [-0.25, -0.2) is 4.39 Å². The average Bonchev–Trinajstić information content (AvgIpc) is 2.66. The Labute approximate surface area is 169 Å². The van der Waals surface area contributed by atoms with Crippen LogP contribution in [0.25, 0.3) is 0 Å². The number of nitrogens with zero attached hydrogens (tertiary/aromatic N) is 2. The second kappa shape index (κ2) is 9.00. The molecule has 0 saturated carbocycles. The summed E-state index contributed by atoms with van der Waals surface area (Å²) in [4.78, 5) is 12.3. The minimum Gasteiger partial charge on any atom is -0.351 e. The Bertz CT molecular complexity index is 938. The van der Waals surface area contributed by atoms with Gasteiger partial charge in [-0.2, -0.15) is 17.0 Å². The minimum absolute atomic E-state index is 0.139. The summed E-state index contributed by atoms with van der Waals surface area (Å²) in [5, 5.41) is 3.25. The zero-order valence-corrected chi connectivity index (χ0v) is 16.7. The van der Waals surface area contributed by atoms with Crippen LogP contribution in [0, 0.1) is 5.82 Å². The van der Waals surface area contributed by atoms with Crippen LogP contribution in [-0.4, -0.2) is 42.6 Å². The van der Waals surface area contributed by atoms with E-state index in [0.717, 1.165) is 5.56 Å². The third kappa shape index (κ3) is 5.08. The molecular weight excluding hydrogens is 405 g/mol. The number of carbonyl (C=O) groups excluding carboxylic acids is 1. The van der Waals surface area contributed by atoms with Gasteiger partial charge >= 0.3 is 0 Å². The van der Waals surface area contributed by atoms with Crippen LogP contribution in [0.15, 0.2) is 48.5 Å². The lowest BCUT2D eigenvalue weighted by Gasteiger charge is -2.34. The Kier molecular flexibility index (Phi) is 6.66. The fourth-order valence-corrected chi connectivity index (χ4v) is 4.83. The van der Waals surface area contributed by atoms with Crippen molar-refractivity contribution in [2.45, 2.75) is 19.5 Å². The number of benzene rings is 2. The lowest BCUT2D eigenvalue weighted by atomic mass is 10.2. The zero-order chi connectivity index (χ0) is 20.1. The van der Waals surface area contributed by atoms with Crippen LogP contribution < -0.4 is 5.32 Å². The van der Waals surface area contributed by atoms with Gasteiger partial charge in [0.1, 0.15) is 5.82 Å². The first kappa shape index (κ1) is 20.7. The Hall–Kier alpha value is -2.00. The van der Waals surface area contributed by atoms with Crippen molar-refractivity contribution >= 4 is 27.7 Å². The average molecular weight is 426 g/mol. The van der Waals surface area contributed by atoms with E-state index in [0.29, 0.717) is 23.6 Å². The molecule has 1 N–H and O–H groups in total. The van der Waals surface area contributed by atoms with E-state index in [-0.39, 0.29) is 32.0 Å². The normalized spacial score (nSPS) is 17.4. The van der Waals surface area contributed by atoms with Gasteiger partial charge in [0.25, 0.3) is 10.2 Å². The van der Waals surface area contributed by atoms with Gasteiger partial charge in [-0.1, -0.05) is 41.9 Å². The number of amides is 1. The van der Waals surface area contributed by atoms with Gasteiger partial charge in [0, 0.05) is 31.2 Å². The topological polar surface area (TPSA) is 69.7 Å². The number of nitrogens with one attached hydrogen (secondary N) is 1. The van der Waals surface area contributed by atoms with E-state index in [1.807, 2.05) is 6.07 Å². The highest BCUT2D eigenvalue weighted by Crippen LogP contribution is 2.19. The molecule has 6 nitrogen and oxygen atoms in total. The van der Waals surface area contributed by atoms with E-state index in [1.54, 1.807) is 30.3 Å². The first-order chi connectivity index (χ1) is 13.4. The van der Waals surface area contributed by atoms with Crippen LogP contribution >= 0.6 is 11.6 Å². The largest absolute Gasteiger partial charge is 0.351 e. The molecule has 0 radical (unpaired) electrons. The molecule has 1 heterocycles. The number of carbonyl (C=O) groups is 1. The third-order valence-electron chi connectivity index (χ3n) is 4.49. The molecule has 150 valence electrons. The Morgan fingerprint density at radius 1 is 1.07 bits per heavy atom. The second-order valence-electron chi connectivity index (χ2n) is 6.52. The van der Waals surface area contributed by atoms with Gasteiger partial charge in [-0.05, 0) is 35.7 Å². The molecule has 1 aliphatic rings. The molecule has 0 aromatic heterocycles. The van der Waals surface area contributed by atoms with Gasteiger partial charge in [0.2, 0.25) is 5.91 Å². The quantitative estimate of drug-likeness (QED) is 0.773. The van der Waals surface area contributed by atoms with Crippen molar-refractivity contribution in [3.8, 4) is 0 Å². The van der Waals surface area contributed by atoms with Crippen molar-refractivity contribution in [1.29, 1.82) is 0 Å². The molecule has 1 fully saturated rings. The van der Waals surface area contributed by atoms with E-state index in [2.05, 4.69) is 5.32 Å². The van der Waals surface area contributed by atoms with E-state index >= 15 is 0 Å². The Morgan fingerprint density at radius 2 is 1.75 bits per heavy atom. The van der Waals surface area contributed by atoms with Crippen LogP contribution in [0.1, 0.15) is 17.5 Å². The molecule has 0 atom stereocenters. The van der Waals surface area contributed by atoms with Gasteiger partial charge in [0.15, 0.2) is 0 Å². The molecule has 28 heavy (non-hydrogen) atoms. The molecule has 2 aromatic carbocycles. The summed E-state index contributed by atoms with van der Waals surface area (Å²) >= 11 is 6.06. The Morgan fingerprint density at radius 3 is 2.46 bits per heavy atom. The van der Waals surface area contributed by atoms with E-state index < -0.39 is 16.1 Å². The molecule has 0 spiro atoms. The van der Waals surface area contributed by atoms with E-state index in [1.165, 1.54) is 20.7 Å². The molecule has 1 saturated heterocycles. The minimum atomic E-state index is -3.77. The standard InChI is InChI=1S/C19H21ClFN3O3S/c20-18-5-2-1-4-16(18)12-22-19(25)14-24-11-3-10-23(28(24,26)27)13-15-6-8-17(21)9-7-15/h1-2,4-9H,3,10-14H2,(H,22,25). The maximum atomic E-state index is 13.1. The summed E-state index contributed by atoms with van der Waals surface area (Å²) in [6.45, 7) is 0.748. The SMILES string of the molecule is O=C(CN1CCCN(Cc2ccc(F)cc2)S1(=O)=O)NCc1ccccc1Cl. The van der Waals surface area contributed by atoms with Crippen molar-refractivity contribution in [2.75, 3.05) is 19.6 Å². The molecule has 3 rings (SSSR count). The lowest BCUT2D eigenvalue weighted by molar-refractivity contribution is -0.121. The predicted molar refractivity (Wildman–Crippen MR) is 105 cm³/mol. The lowest BCUT2D eigenvalue weighted by Crippen LogP contribution is -2.52. The van der Waals surface area contributed by atoms with Crippen molar-refractivity contribution in [3.05, 3.63) is 70.5 Å². The molecule has 0 aliphatic carbocycles. The molecule has 0 unspecified atom stereocenters. The zero-order valence-electron chi connectivity index (χ0n) is 15.1. The number of hydrogen-bond acceptors (Lipinski definition) is 3. The number of halogens is 2. The van der Waals surface area contributed by atoms with Crippen LogP contribution in [-0.2, 0) is 28.1 Å². The van der Waals surface area contributed by atoms with Crippen molar-refractivity contribution < 1.29 is 17.6 Å². The highest BCUT2D eigenvalue weighted by molar-refractivity contribution is 7.86. The monoisotopic (exact) mass is 425 g/mol. The van der Waals surface area contributed by atoms with Crippen LogP contribution in [0.5, 0.6) is 0 Å². The molecule has 9 heteroatoms. The number of rotatable bonds is 6. The van der Waals surface area contributed by atoms with Gasteiger partial charge in [-0.15, -0.1) is 0 Å². The molecule has 1 amide bonds. The smallest absolute Gasteiger partial charge is 0.282 e. The predicted octanol–water partition coefficient (Wildman–Crippen LogP) is 2.55. The van der Waals surface area contributed by atoms with Crippen molar-refractivity contribution in [3.63, 3.8) is 0 Å². The molecule has 0 bridgehead atoms. The Balaban J connectivity index is 1.60. The maximum absolute atomic E-state index is 13.1. The van der Waals surface area contributed by atoms with E-state index in [4.69, 9.17) is 11.6 Å². The highest BCUT2D eigenvalue weighted by Gasteiger charge is 2.34.